The third-order valence-corrected chi connectivity index (χ3v) is 5.40. The van der Waals surface area contributed by atoms with Gasteiger partial charge in [-0.1, -0.05) is 44.2 Å². The van der Waals surface area contributed by atoms with Crippen LogP contribution in [0.1, 0.15) is 45.1 Å². The Kier molecular flexibility index (Phi) is 5.57. The highest BCUT2D eigenvalue weighted by Crippen LogP contribution is 2.30. The summed E-state index contributed by atoms with van der Waals surface area (Å²) in [6, 6.07) is 11.3. The van der Waals surface area contributed by atoms with E-state index in [-0.39, 0.29) is 17.9 Å². The Morgan fingerprint density at radius 2 is 1.96 bits per heavy atom. The minimum absolute atomic E-state index is 0.142. The van der Waals surface area contributed by atoms with Gasteiger partial charge in [-0.2, -0.15) is 0 Å². The molecule has 0 bridgehead atoms. The van der Waals surface area contributed by atoms with Gasteiger partial charge in [0.1, 0.15) is 0 Å². The lowest BCUT2D eigenvalue weighted by Gasteiger charge is -2.33. The number of carbonyl (C=O) groups is 1. The predicted molar refractivity (Wildman–Crippen MR) is 97.4 cm³/mol. The van der Waals surface area contributed by atoms with Gasteiger partial charge in [-0.3, -0.25) is 9.69 Å². The van der Waals surface area contributed by atoms with Crippen molar-refractivity contribution < 1.29 is 4.79 Å². The summed E-state index contributed by atoms with van der Waals surface area (Å²) in [6.45, 7) is 6.89. The van der Waals surface area contributed by atoms with Crippen molar-refractivity contribution in [3.8, 4) is 0 Å². The molecule has 1 heterocycles. The molecular weight excluding hydrogens is 298 g/mol. The van der Waals surface area contributed by atoms with Gasteiger partial charge in [-0.05, 0) is 37.2 Å². The van der Waals surface area contributed by atoms with Crippen LogP contribution in [-0.4, -0.2) is 46.9 Å². The quantitative estimate of drug-likeness (QED) is 0.836. The van der Waals surface area contributed by atoms with Gasteiger partial charge in [0, 0.05) is 31.7 Å². The maximum Gasteiger partial charge on any atom is 0.240 e. The maximum absolute atomic E-state index is 12.7. The Balaban J connectivity index is 1.64. The second kappa shape index (κ2) is 7.66. The van der Waals surface area contributed by atoms with Gasteiger partial charge in [0.2, 0.25) is 5.91 Å². The predicted octanol–water partition coefficient (Wildman–Crippen LogP) is 2.63. The number of hydrogen-bond donors (Lipinski definition) is 1. The molecule has 0 unspecified atom stereocenters. The molecule has 1 aliphatic heterocycles. The van der Waals surface area contributed by atoms with Crippen molar-refractivity contribution in [3.05, 3.63) is 35.9 Å². The average molecular weight is 329 g/mol. The van der Waals surface area contributed by atoms with Gasteiger partial charge in [0.05, 0.1) is 6.04 Å². The highest BCUT2D eigenvalue weighted by atomic mass is 16.2. The van der Waals surface area contributed by atoms with Crippen LogP contribution in [0.2, 0.25) is 0 Å². The summed E-state index contributed by atoms with van der Waals surface area (Å²) < 4.78 is 0. The molecule has 1 aromatic carbocycles. The van der Waals surface area contributed by atoms with Gasteiger partial charge < -0.3 is 10.6 Å². The number of nitrogens with zero attached hydrogens (tertiary/aromatic N) is 2. The smallest absolute Gasteiger partial charge is 0.240 e. The van der Waals surface area contributed by atoms with Crippen molar-refractivity contribution in [1.29, 1.82) is 0 Å². The van der Waals surface area contributed by atoms with E-state index in [0.717, 1.165) is 32.5 Å². The lowest BCUT2D eigenvalue weighted by atomic mass is 10.0. The van der Waals surface area contributed by atoms with Gasteiger partial charge in [-0.25, -0.2) is 0 Å². The van der Waals surface area contributed by atoms with Crippen molar-refractivity contribution in [3.63, 3.8) is 0 Å². The highest BCUT2D eigenvalue weighted by Gasteiger charge is 2.37. The SMILES string of the molecule is CC(C)[C@H](N)C(=O)N1CCC[C@H]1CN(Cc1ccccc1)C1CC1. The van der Waals surface area contributed by atoms with Crippen molar-refractivity contribution in [2.24, 2.45) is 11.7 Å². The van der Waals surface area contributed by atoms with E-state index in [2.05, 4.69) is 40.1 Å². The summed E-state index contributed by atoms with van der Waals surface area (Å²) in [4.78, 5) is 17.3. The van der Waals surface area contributed by atoms with E-state index in [1.807, 2.05) is 13.8 Å². The number of benzene rings is 1. The number of hydrogen-bond acceptors (Lipinski definition) is 3. The first-order valence-corrected chi connectivity index (χ1v) is 9.40. The zero-order valence-electron chi connectivity index (χ0n) is 15.0. The molecule has 132 valence electrons. The van der Waals surface area contributed by atoms with E-state index in [4.69, 9.17) is 5.73 Å². The zero-order valence-corrected chi connectivity index (χ0v) is 15.0. The molecule has 24 heavy (non-hydrogen) atoms. The molecule has 0 aromatic heterocycles. The molecule has 3 rings (SSSR count). The van der Waals surface area contributed by atoms with Crippen LogP contribution in [0.25, 0.3) is 0 Å². The Hall–Kier alpha value is -1.39. The number of nitrogens with two attached hydrogens (primary N) is 1. The molecule has 1 amide bonds. The number of rotatable bonds is 7. The van der Waals surface area contributed by atoms with Crippen molar-refractivity contribution in [2.45, 2.75) is 64.2 Å². The zero-order chi connectivity index (χ0) is 17.1. The summed E-state index contributed by atoms with van der Waals surface area (Å²) in [5, 5.41) is 0. The van der Waals surface area contributed by atoms with Gasteiger partial charge in [0.25, 0.3) is 0 Å². The molecule has 2 fully saturated rings. The minimum atomic E-state index is -0.367. The molecule has 0 radical (unpaired) electrons. The first-order chi connectivity index (χ1) is 11.6. The van der Waals surface area contributed by atoms with E-state index in [1.54, 1.807) is 0 Å². The summed E-state index contributed by atoms with van der Waals surface area (Å²) in [5.41, 5.74) is 7.48. The Labute approximate surface area is 146 Å². The fourth-order valence-electron chi connectivity index (χ4n) is 3.66. The lowest BCUT2D eigenvalue weighted by molar-refractivity contribution is -0.134. The van der Waals surface area contributed by atoms with Crippen LogP contribution in [0, 0.1) is 5.92 Å². The molecule has 1 aliphatic carbocycles. The van der Waals surface area contributed by atoms with E-state index in [1.165, 1.54) is 18.4 Å². The molecule has 1 saturated heterocycles. The molecule has 2 atom stereocenters. The summed E-state index contributed by atoms with van der Waals surface area (Å²) in [6.07, 6.45) is 4.79. The fourth-order valence-corrected chi connectivity index (χ4v) is 3.66. The monoisotopic (exact) mass is 329 g/mol. The average Bonchev–Trinajstić information content (AvgIpc) is 3.33. The molecule has 1 aromatic rings. The normalized spacial score (nSPS) is 22.4. The topological polar surface area (TPSA) is 49.6 Å². The van der Waals surface area contributed by atoms with Crippen LogP contribution in [0.5, 0.6) is 0 Å². The van der Waals surface area contributed by atoms with Crippen molar-refractivity contribution >= 4 is 5.91 Å². The first kappa shape index (κ1) is 17.4. The van der Waals surface area contributed by atoms with E-state index in [9.17, 15) is 4.79 Å². The second-order valence-corrected chi connectivity index (χ2v) is 7.74. The largest absolute Gasteiger partial charge is 0.337 e. The van der Waals surface area contributed by atoms with E-state index >= 15 is 0 Å². The molecule has 4 nitrogen and oxygen atoms in total. The van der Waals surface area contributed by atoms with E-state index < -0.39 is 0 Å². The Bertz CT molecular complexity index is 541. The number of likely N-dealkylation sites (tertiary alicyclic amines) is 1. The number of carbonyl (C=O) groups excluding carboxylic acids is 1. The Morgan fingerprint density at radius 3 is 2.58 bits per heavy atom. The second-order valence-electron chi connectivity index (χ2n) is 7.74. The highest BCUT2D eigenvalue weighted by molar-refractivity contribution is 5.82. The molecule has 1 saturated carbocycles. The third kappa shape index (κ3) is 4.17. The fraction of sp³-hybridized carbons (Fsp3) is 0.650. The van der Waals surface area contributed by atoms with Crippen LogP contribution in [-0.2, 0) is 11.3 Å². The van der Waals surface area contributed by atoms with Gasteiger partial charge in [-0.15, -0.1) is 0 Å². The van der Waals surface area contributed by atoms with Gasteiger partial charge in [0.15, 0.2) is 0 Å². The van der Waals surface area contributed by atoms with Crippen molar-refractivity contribution in [2.75, 3.05) is 13.1 Å². The van der Waals surface area contributed by atoms with Crippen LogP contribution in [0.3, 0.4) is 0 Å². The summed E-state index contributed by atoms with van der Waals surface area (Å²) in [7, 11) is 0. The molecule has 2 N–H and O–H groups in total. The van der Waals surface area contributed by atoms with Gasteiger partial charge >= 0.3 is 0 Å². The molecule has 0 spiro atoms. The minimum Gasteiger partial charge on any atom is -0.337 e. The van der Waals surface area contributed by atoms with Crippen LogP contribution in [0.4, 0.5) is 0 Å². The standard InChI is InChI=1S/C20H31N3O/c1-15(2)19(21)20(24)23-12-6-9-18(23)14-22(17-10-11-17)13-16-7-4-3-5-8-16/h3-5,7-8,15,17-19H,6,9-14,21H2,1-2H3/t18-,19-/m0/s1. The summed E-state index contributed by atoms with van der Waals surface area (Å²) in [5.74, 6) is 0.338. The molecular formula is C20H31N3O. The molecule has 4 heteroatoms. The van der Waals surface area contributed by atoms with Crippen LogP contribution < -0.4 is 5.73 Å². The third-order valence-electron chi connectivity index (χ3n) is 5.40. The van der Waals surface area contributed by atoms with Crippen LogP contribution >= 0.6 is 0 Å². The maximum atomic E-state index is 12.7. The summed E-state index contributed by atoms with van der Waals surface area (Å²) >= 11 is 0. The van der Waals surface area contributed by atoms with E-state index in [0.29, 0.717) is 12.1 Å². The lowest BCUT2D eigenvalue weighted by Crippen LogP contribution is -2.51. The van der Waals surface area contributed by atoms with Crippen LogP contribution in [0.15, 0.2) is 30.3 Å². The Morgan fingerprint density at radius 1 is 1.25 bits per heavy atom. The molecule has 2 aliphatic rings. The van der Waals surface area contributed by atoms with Crippen molar-refractivity contribution in [1.82, 2.24) is 9.80 Å². The first-order valence-electron chi connectivity index (χ1n) is 9.40. The number of amides is 1.